The van der Waals surface area contributed by atoms with Crippen LogP contribution in [-0.4, -0.2) is 16.7 Å². The Hall–Kier alpha value is -1.23. The highest BCUT2D eigenvalue weighted by molar-refractivity contribution is 9.10. The molecular formula is C14H15BrN2O. The lowest BCUT2D eigenvalue weighted by molar-refractivity contribution is 0.241. The minimum atomic E-state index is -0.140. The minimum absolute atomic E-state index is 0.0292. The minimum Gasteiger partial charge on any atom is -0.394 e. The SMILES string of the molecule is OCC(NCc1ccccc1)c1ccc(Br)cn1. The molecule has 0 aliphatic heterocycles. The van der Waals surface area contributed by atoms with E-state index < -0.39 is 0 Å². The van der Waals surface area contributed by atoms with Crippen LogP contribution in [0.3, 0.4) is 0 Å². The number of nitrogens with one attached hydrogen (secondary N) is 1. The lowest BCUT2D eigenvalue weighted by Gasteiger charge is -2.15. The first-order valence-corrected chi connectivity index (χ1v) is 6.58. The van der Waals surface area contributed by atoms with Gasteiger partial charge >= 0.3 is 0 Å². The number of aliphatic hydroxyl groups is 1. The average Bonchev–Trinajstić information content (AvgIpc) is 2.42. The Bertz CT molecular complexity index is 473. The summed E-state index contributed by atoms with van der Waals surface area (Å²) < 4.78 is 0.936. The molecule has 2 aromatic rings. The van der Waals surface area contributed by atoms with E-state index in [1.807, 2.05) is 30.3 Å². The maximum Gasteiger partial charge on any atom is 0.0732 e. The average molecular weight is 307 g/mol. The first-order valence-electron chi connectivity index (χ1n) is 5.79. The van der Waals surface area contributed by atoms with Crippen LogP contribution in [0.25, 0.3) is 0 Å². The number of benzene rings is 1. The van der Waals surface area contributed by atoms with Crippen LogP contribution in [0.5, 0.6) is 0 Å². The molecule has 0 bridgehead atoms. The number of aliphatic hydroxyl groups excluding tert-OH is 1. The third-order valence-corrected chi connectivity index (χ3v) is 3.15. The van der Waals surface area contributed by atoms with Crippen molar-refractivity contribution in [2.45, 2.75) is 12.6 Å². The number of hydrogen-bond donors (Lipinski definition) is 2. The third-order valence-electron chi connectivity index (χ3n) is 2.69. The molecule has 0 radical (unpaired) electrons. The number of pyridine rings is 1. The predicted molar refractivity (Wildman–Crippen MR) is 75.0 cm³/mol. The lowest BCUT2D eigenvalue weighted by Crippen LogP contribution is -2.24. The summed E-state index contributed by atoms with van der Waals surface area (Å²) in [4.78, 5) is 4.29. The zero-order valence-electron chi connectivity index (χ0n) is 9.88. The lowest BCUT2D eigenvalue weighted by atomic mass is 10.1. The van der Waals surface area contributed by atoms with Crippen molar-refractivity contribution in [3.05, 3.63) is 64.4 Å². The summed E-state index contributed by atoms with van der Waals surface area (Å²) in [6, 6.07) is 13.8. The van der Waals surface area contributed by atoms with Crippen LogP contribution in [0.2, 0.25) is 0 Å². The molecule has 0 aliphatic rings. The van der Waals surface area contributed by atoms with Gasteiger partial charge in [-0.1, -0.05) is 30.3 Å². The van der Waals surface area contributed by atoms with E-state index in [-0.39, 0.29) is 12.6 Å². The Kier molecular flexibility index (Phi) is 4.87. The zero-order valence-corrected chi connectivity index (χ0v) is 11.5. The van der Waals surface area contributed by atoms with Crippen molar-refractivity contribution in [2.75, 3.05) is 6.61 Å². The molecule has 94 valence electrons. The first kappa shape index (κ1) is 13.2. The normalized spacial score (nSPS) is 12.3. The van der Waals surface area contributed by atoms with Crippen LogP contribution in [0, 0.1) is 0 Å². The molecule has 0 saturated heterocycles. The highest BCUT2D eigenvalue weighted by atomic mass is 79.9. The fourth-order valence-electron chi connectivity index (χ4n) is 1.69. The first-order chi connectivity index (χ1) is 8.79. The topological polar surface area (TPSA) is 45.1 Å². The Morgan fingerprint density at radius 1 is 1.17 bits per heavy atom. The predicted octanol–water partition coefficient (Wildman–Crippen LogP) is 2.67. The van der Waals surface area contributed by atoms with Gasteiger partial charge in [-0.2, -0.15) is 0 Å². The van der Waals surface area contributed by atoms with Crippen molar-refractivity contribution >= 4 is 15.9 Å². The van der Waals surface area contributed by atoms with Crippen LogP contribution in [0.4, 0.5) is 0 Å². The van der Waals surface area contributed by atoms with E-state index in [2.05, 4.69) is 38.4 Å². The second-order valence-electron chi connectivity index (χ2n) is 4.00. The summed E-state index contributed by atoms with van der Waals surface area (Å²) >= 11 is 3.35. The molecule has 0 aliphatic carbocycles. The molecule has 1 unspecified atom stereocenters. The Balaban J connectivity index is 1.99. The molecule has 1 heterocycles. The number of aromatic nitrogens is 1. The number of nitrogens with zero attached hydrogens (tertiary/aromatic N) is 1. The molecule has 0 amide bonds. The summed E-state index contributed by atoms with van der Waals surface area (Å²) in [5.74, 6) is 0. The molecule has 4 heteroatoms. The Labute approximate surface area is 115 Å². The number of halogens is 1. The molecule has 18 heavy (non-hydrogen) atoms. The summed E-state index contributed by atoms with van der Waals surface area (Å²) in [5.41, 5.74) is 2.03. The highest BCUT2D eigenvalue weighted by Gasteiger charge is 2.10. The van der Waals surface area contributed by atoms with Crippen LogP contribution in [-0.2, 0) is 6.54 Å². The summed E-state index contributed by atoms with van der Waals surface area (Å²) in [5, 5.41) is 12.7. The third kappa shape index (κ3) is 3.63. The maximum absolute atomic E-state index is 9.41. The van der Waals surface area contributed by atoms with Gasteiger partial charge in [-0.15, -0.1) is 0 Å². The smallest absolute Gasteiger partial charge is 0.0732 e. The van der Waals surface area contributed by atoms with Crippen molar-refractivity contribution < 1.29 is 5.11 Å². The number of hydrogen-bond acceptors (Lipinski definition) is 3. The molecule has 1 atom stereocenters. The van der Waals surface area contributed by atoms with Gasteiger partial charge < -0.3 is 10.4 Å². The van der Waals surface area contributed by atoms with E-state index >= 15 is 0 Å². The summed E-state index contributed by atoms with van der Waals surface area (Å²) in [6.07, 6.45) is 1.74. The van der Waals surface area contributed by atoms with Crippen molar-refractivity contribution in [3.8, 4) is 0 Å². The fourth-order valence-corrected chi connectivity index (χ4v) is 1.93. The molecule has 0 saturated carbocycles. The Morgan fingerprint density at radius 2 is 1.94 bits per heavy atom. The van der Waals surface area contributed by atoms with E-state index in [0.717, 1.165) is 10.2 Å². The van der Waals surface area contributed by atoms with Crippen molar-refractivity contribution in [3.63, 3.8) is 0 Å². The standard InChI is InChI=1S/C14H15BrN2O/c15-12-6-7-13(17-9-12)14(10-18)16-8-11-4-2-1-3-5-11/h1-7,9,14,16,18H,8,10H2. The Morgan fingerprint density at radius 3 is 2.56 bits per heavy atom. The van der Waals surface area contributed by atoms with Gasteiger partial charge in [0.25, 0.3) is 0 Å². The van der Waals surface area contributed by atoms with Crippen molar-refractivity contribution in [1.29, 1.82) is 0 Å². The summed E-state index contributed by atoms with van der Waals surface area (Å²) in [7, 11) is 0. The van der Waals surface area contributed by atoms with Gasteiger partial charge in [-0.05, 0) is 33.6 Å². The molecule has 1 aromatic heterocycles. The number of rotatable bonds is 5. The molecule has 0 fully saturated rings. The second kappa shape index (κ2) is 6.64. The van der Waals surface area contributed by atoms with E-state index in [0.29, 0.717) is 6.54 Å². The van der Waals surface area contributed by atoms with E-state index in [4.69, 9.17) is 0 Å². The molecular weight excluding hydrogens is 292 g/mol. The van der Waals surface area contributed by atoms with Gasteiger partial charge in [0.1, 0.15) is 0 Å². The van der Waals surface area contributed by atoms with Crippen molar-refractivity contribution in [1.82, 2.24) is 10.3 Å². The monoisotopic (exact) mass is 306 g/mol. The second-order valence-corrected chi connectivity index (χ2v) is 4.92. The molecule has 2 rings (SSSR count). The van der Waals surface area contributed by atoms with Gasteiger partial charge in [-0.3, -0.25) is 4.98 Å². The zero-order chi connectivity index (χ0) is 12.8. The molecule has 1 aromatic carbocycles. The van der Waals surface area contributed by atoms with Crippen LogP contribution < -0.4 is 5.32 Å². The van der Waals surface area contributed by atoms with Crippen LogP contribution in [0.15, 0.2) is 53.1 Å². The van der Waals surface area contributed by atoms with Gasteiger partial charge in [-0.25, -0.2) is 0 Å². The molecule has 0 spiro atoms. The van der Waals surface area contributed by atoms with Crippen molar-refractivity contribution in [2.24, 2.45) is 0 Å². The maximum atomic E-state index is 9.41. The fraction of sp³-hybridized carbons (Fsp3) is 0.214. The quantitative estimate of drug-likeness (QED) is 0.892. The van der Waals surface area contributed by atoms with E-state index in [1.54, 1.807) is 6.20 Å². The summed E-state index contributed by atoms with van der Waals surface area (Å²) in [6.45, 7) is 0.741. The van der Waals surface area contributed by atoms with Crippen LogP contribution >= 0.6 is 15.9 Å². The van der Waals surface area contributed by atoms with Gasteiger partial charge in [0, 0.05) is 17.2 Å². The molecule has 3 nitrogen and oxygen atoms in total. The largest absolute Gasteiger partial charge is 0.394 e. The van der Waals surface area contributed by atoms with Gasteiger partial charge in [0.2, 0.25) is 0 Å². The van der Waals surface area contributed by atoms with E-state index in [9.17, 15) is 5.11 Å². The highest BCUT2D eigenvalue weighted by Crippen LogP contribution is 2.14. The van der Waals surface area contributed by atoms with Gasteiger partial charge in [0.15, 0.2) is 0 Å². The molecule has 2 N–H and O–H groups in total. The van der Waals surface area contributed by atoms with Crippen LogP contribution in [0.1, 0.15) is 17.3 Å². The van der Waals surface area contributed by atoms with Gasteiger partial charge in [0.05, 0.1) is 18.3 Å². The van der Waals surface area contributed by atoms with E-state index in [1.165, 1.54) is 5.56 Å².